The molecule has 0 aromatic heterocycles. The highest BCUT2D eigenvalue weighted by atomic mass is 35.5. The second kappa shape index (κ2) is 6.90. The molecule has 4 heteroatoms. The van der Waals surface area contributed by atoms with Gasteiger partial charge in [-0.05, 0) is 50.0 Å². The Morgan fingerprint density at radius 1 is 1.20 bits per heavy atom. The van der Waals surface area contributed by atoms with Crippen LogP contribution < -0.4 is 5.32 Å². The zero-order valence-corrected chi connectivity index (χ0v) is 12.6. The van der Waals surface area contributed by atoms with E-state index in [0.717, 1.165) is 50.3 Å². The fourth-order valence-electron chi connectivity index (χ4n) is 3.36. The van der Waals surface area contributed by atoms with E-state index in [0.29, 0.717) is 6.04 Å². The number of hydrogen-bond acceptors (Lipinski definition) is 3. The van der Waals surface area contributed by atoms with Gasteiger partial charge >= 0.3 is 0 Å². The van der Waals surface area contributed by atoms with Crippen LogP contribution in [0.15, 0.2) is 24.3 Å². The maximum atomic E-state index is 5.96. The molecule has 20 heavy (non-hydrogen) atoms. The van der Waals surface area contributed by atoms with Crippen LogP contribution in [-0.2, 0) is 11.2 Å². The van der Waals surface area contributed by atoms with Crippen molar-refractivity contribution in [2.24, 2.45) is 0 Å². The van der Waals surface area contributed by atoms with Gasteiger partial charge in [-0.3, -0.25) is 4.90 Å². The number of rotatable bonds is 3. The standard InChI is InChI=1S/C16H23ClN2O/c17-14-3-1-13(2-4-14)11-16-12-20-10-9-19(16)15-5-7-18-8-6-15/h1-4,15-16,18H,5-12H2. The van der Waals surface area contributed by atoms with E-state index in [1.54, 1.807) is 0 Å². The quantitative estimate of drug-likeness (QED) is 0.926. The SMILES string of the molecule is Clc1ccc(CC2COCCN2C2CCNCC2)cc1. The zero-order chi connectivity index (χ0) is 13.8. The molecule has 2 saturated heterocycles. The molecule has 2 heterocycles. The second-order valence-corrected chi connectivity index (χ2v) is 6.21. The van der Waals surface area contributed by atoms with Gasteiger partial charge < -0.3 is 10.1 Å². The fraction of sp³-hybridized carbons (Fsp3) is 0.625. The van der Waals surface area contributed by atoms with E-state index in [4.69, 9.17) is 16.3 Å². The number of piperidine rings is 1. The maximum Gasteiger partial charge on any atom is 0.0625 e. The molecule has 0 saturated carbocycles. The summed E-state index contributed by atoms with van der Waals surface area (Å²) in [7, 11) is 0. The van der Waals surface area contributed by atoms with Gasteiger partial charge in [0.25, 0.3) is 0 Å². The fourth-order valence-corrected chi connectivity index (χ4v) is 3.48. The van der Waals surface area contributed by atoms with Crippen molar-refractivity contribution in [3.05, 3.63) is 34.9 Å². The summed E-state index contributed by atoms with van der Waals surface area (Å²) in [6, 6.07) is 9.46. The van der Waals surface area contributed by atoms with Crippen molar-refractivity contribution in [3.8, 4) is 0 Å². The Labute approximate surface area is 126 Å². The largest absolute Gasteiger partial charge is 0.378 e. The highest BCUT2D eigenvalue weighted by molar-refractivity contribution is 6.30. The molecule has 2 fully saturated rings. The number of hydrogen-bond donors (Lipinski definition) is 1. The van der Waals surface area contributed by atoms with Gasteiger partial charge in [-0.2, -0.15) is 0 Å². The summed E-state index contributed by atoms with van der Waals surface area (Å²) in [5, 5.41) is 4.26. The summed E-state index contributed by atoms with van der Waals surface area (Å²) in [5.41, 5.74) is 1.35. The predicted octanol–water partition coefficient (Wildman–Crippen LogP) is 2.34. The molecule has 0 bridgehead atoms. The molecule has 1 unspecified atom stereocenters. The lowest BCUT2D eigenvalue weighted by Gasteiger charge is -2.42. The first kappa shape index (κ1) is 14.3. The van der Waals surface area contributed by atoms with Gasteiger partial charge in [0.1, 0.15) is 0 Å². The van der Waals surface area contributed by atoms with Crippen LogP contribution in [0.25, 0.3) is 0 Å². The Morgan fingerprint density at radius 3 is 2.70 bits per heavy atom. The summed E-state index contributed by atoms with van der Waals surface area (Å²) >= 11 is 5.96. The number of ether oxygens (including phenoxy) is 1. The van der Waals surface area contributed by atoms with Crippen LogP contribution in [-0.4, -0.2) is 49.8 Å². The van der Waals surface area contributed by atoms with Crippen molar-refractivity contribution in [2.45, 2.75) is 31.3 Å². The summed E-state index contributed by atoms with van der Waals surface area (Å²) < 4.78 is 5.72. The number of morpholine rings is 1. The van der Waals surface area contributed by atoms with E-state index in [2.05, 4.69) is 22.3 Å². The van der Waals surface area contributed by atoms with Crippen LogP contribution in [0.3, 0.4) is 0 Å². The van der Waals surface area contributed by atoms with Gasteiger partial charge in [0, 0.05) is 23.7 Å². The van der Waals surface area contributed by atoms with E-state index in [1.807, 2.05) is 12.1 Å². The molecule has 1 aromatic rings. The summed E-state index contributed by atoms with van der Waals surface area (Å²) in [6.07, 6.45) is 3.58. The van der Waals surface area contributed by atoms with Crippen molar-refractivity contribution in [1.82, 2.24) is 10.2 Å². The first-order chi connectivity index (χ1) is 9.83. The van der Waals surface area contributed by atoms with Gasteiger partial charge in [-0.1, -0.05) is 23.7 Å². The van der Waals surface area contributed by atoms with Crippen molar-refractivity contribution in [2.75, 3.05) is 32.8 Å². The Kier molecular flexibility index (Phi) is 4.94. The first-order valence-corrected chi connectivity index (χ1v) is 7.99. The molecule has 1 N–H and O–H groups in total. The number of nitrogens with one attached hydrogen (secondary N) is 1. The molecule has 1 atom stereocenters. The van der Waals surface area contributed by atoms with Crippen molar-refractivity contribution in [3.63, 3.8) is 0 Å². The van der Waals surface area contributed by atoms with Gasteiger partial charge in [0.15, 0.2) is 0 Å². The van der Waals surface area contributed by atoms with Crippen LogP contribution in [0.5, 0.6) is 0 Å². The highest BCUT2D eigenvalue weighted by Crippen LogP contribution is 2.21. The number of nitrogens with zero attached hydrogens (tertiary/aromatic N) is 1. The Balaban J connectivity index is 1.66. The van der Waals surface area contributed by atoms with Crippen LogP contribution >= 0.6 is 11.6 Å². The van der Waals surface area contributed by atoms with Gasteiger partial charge in [-0.25, -0.2) is 0 Å². The smallest absolute Gasteiger partial charge is 0.0625 e. The van der Waals surface area contributed by atoms with Crippen LogP contribution in [0.1, 0.15) is 18.4 Å². The predicted molar refractivity (Wildman–Crippen MR) is 82.4 cm³/mol. The third-order valence-corrected chi connectivity index (χ3v) is 4.69. The van der Waals surface area contributed by atoms with Crippen LogP contribution in [0.2, 0.25) is 5.02 Å². The molecule has 3 rings (SSSR count). The molecule has 0 amide bonds. The maximum absolute atomic E-state index is 5.96. The molecular weight excluding hydrogens is 272 g/mol. The van der Waals surface area contributed by atoms with E-state index in [9.17, 15) is 0 Å². The number of halogens is 1. The molecule has 1 aromatic carbocycles. The molecule has 0 radical (unpaired) electrons. The first-order valence-electron chi connectivity index (χ1n) is 7.61. The normalized spacial score (nSPS) is 25.8. The second-order valence-electron chi connectivity index (χ2n) is 5.78. The minimum absolute atomic E-state index is 0.507. The average Bonchev–Trinajstić information content (AvgIpc) is 2.51. The lowest BCUT2D eigenvalue weighted by molar-refractivity contribution is -0.0342. The summed E-state index contributed by atoms with van der Waals surface area (Å²) in [4.78, 5) is 2.68. The third-order valence-electron chi connectivity index (χ3n) is 4.44. The lowest BCUT2D eigenvalue weighted by Crippen LogP contribution is -2.54. The molecule has 2 aliphatic rings. The zero-order valence-electron chi connectivity index (χ0n) is 11.9. The molecular formula is C16H23ClN2O. The van der Waals surface area contributed by atoms with Gasteiger partial charge in [0.05, 0.1) is 13.2 Å². The average molecular weight is 295 g/mol. The van der Waals surface area contributed by atoms with E-state index < -0.39 is 0 Å². The Hall–Kier alpha value is -0.610. The minimum atomic E-state index is 0.507. The van der Waals surface area contributed by atoms with E-state index >= 15 is 0 Å². The topological polar surface area (TPSA) is 24.5 Å². The minimum Gasteiger partial charge on any atom is -0.378 e. The van der Waals surface area contributed by atoms with Crippen molar-refractivity contribution >= 4 is 11.6 Å². The number of benzene rings is 1. The molecule has 0 spiro atoms. The van der Waals surface area contributed by atoms with Gasteiger partial charge in [0.2, 0.25) is 0 Å². The molecule has 3 nitrogen and oxygen atoms in total. The Bertz CT molecular complexity index is 417. The van der Waals surface area contributed by atoms with E-state index in [1.165, 1.54) is 18.4 Å². The summed E-state index contributed by atoms with van der Waals surface area (Å²) in [6.45, 7) is 5.10. The lowest BCUT2D eigenvalue weighted by atomic mass is 9.98. The van der Waals surface area contributed by atoms with Crippen LogP contribution in [0.4, 0.5) is 0 Å². The van der Waals surface area contributed by atoms with E-state index in [-0.39, 0.29) is 0 Å². The monoisotopic (exact) mass is 294 g/mol. The Morgan fingerprint density at radius 2 is 1.95 bits per heavy atom. The molecule has 110 valence electrons. The van der Waals surface area contributed by atoms with Crippen LogP contribution in [0, 0.1) is 0 Å². The highest BCUT2D eigenvalue weighted by Gasteiger charge is 2.30. The van der Waals surface area contributed by atoms with Gasteiger partial charge in [-0.15, -0.1) is 0 Å². The summed E-state index contributed by atoms with van der Waals surface area (Å²) in [5.74, 6) is 0. The molecule has 2 aliphatic heterocycles. The third kappa shape index (κ3) is 3.53. The van der Waals surface area contributed by atoms with Crippen molar-refractivity contribution in [1.29, 1.82) is 0 Å². The molecule has 0 aliphatic carbocycles. The van der Waals surface area contributed by atoms with Crippen molar-refractivity contribution < 1.29 is 4.74 Å².